The topological polar surface area (TPSA) is 50.4 Å². The Bertz CT molecular complexity index is 60.4. The van der Waals surface area contributed by atoms with Gasteiger partial charge in [0.2, 0.25) is 0 Å². The van der Waals surface area contributed by atoms with Crippen LogP contribution in [0.2, 0.25) is 0 Å². The molecule has 3 nitrogen and oxygen atoms in total. The molecule has 34 valence electrons. The van der Waals surface area contributed by atoms with Gasteiger partial charge in [-0.05, 0) is 0 Å². The molecule has 1 aliphatic heterocycles. The van der Waals surface area contributed by atoms with Crippen LogP contribution in [-0.4, -0.2) is 12.4 Å². The number of nitrogens with two attached hydrogens (primary N) is 1. The van der Waals surface area contributed by atoms with E-state index in [0.29, 0.717) is 0 Å². The quantitative estimate of drug-likeness (QED) is 0.406. The van der Waals surface area contributed by atoms with Crippen molar-refractivity contribution in [2.24, 2.45) is 10.8 Å². The second-order valence-corrected chi connectivity index (χ2v) is 1.28. The summed E-state index contributed by atoms with van der Waals surface area (Å²) in [6.07, 6.45) is 2.70. The molecule has 0 saturated carbocycles. The Balaban J connectivity index is 2.32. The molecular weight excluding hydrogens is 78.1 g/mol. The average Bonchev–Trinajstić information content (AvgIpc) is 1.86. The minimum atomic E-state index is 0.0741. The normalized spacial score (nSPS) is 30.5. The zero-order valence-electron chi connectivity index (χ0n) is 3.39. The van der Waals surface area contributed by atoms with Crippen LogP contribution in [0, 0.1) is 0 Å². The fourth-order valence-electron chi connectivity index (χ4n) is 0.367. The first-order chi connectivity index (χ1) is 2.89. The zero-order chi connectivity index (χ0) is 4.41. The molecule has 1 aliphatic rings. The van der Waals surface area contributed by atoms with Crippen LogP contribution >= 0.6 is 0 Å². The predicted molar refractivity (Wildman–Crippen MR) is 24.2 cm³/mol. The van der Waals surface area contributed by atoms with Crippen molar-refractivity contribution in [2.45, 2.75) is 12.6 Å². The number of rotatable bonds is 0. The summed E-state index contributed by atoms with van der Waals surface area (Å²) in [6.45, 7) is 0. The Labute approximate surface area is 36.2 Å². The van der Waals surface area contributed by atoms with Gasteiger partial charge >= 0.3 is 0 Å². The van der Waals surface area contributed by atoms with Gasteiger partial charge in [-0.25, -0.2) is 0 Å². The van der Waals surface area contributed by atoms with E-state index in [1.807, 2.05) is 0 Å². The van der Waals surface area contributed by atoms with Gasteiger partial charge < -0.3 is 5.73 Å². The summed E-state index contributed by atoms with van der Waals surface area (Å²) >= 11 is 0. The number of nitrogens with zero attached hydrogens (tertiary/aromatic N) is 1. The van der Waals surface area contributed by atoms with Crippen LogP contribution in [0.25, 0.3) is 0 Å². The van der Waals surface area contributed by atoms with E-state index in [4.69, 9.17) is 5.73 Å². The van der Waals surface area contributed by atoms with Crippen LogP contribution in [-0.2, 0) is 0 Å². The molecule has 0 amide bonds. The Morgan fingerprint density at radius 3 is 3.00 bits per heavy atom. The molecule has 0 aromatic rings. The molecule has 1 unspecified atom stereocenters. The lowest BCUT2D eigenvalue weighted by atomic mass is 10.4. The van der Waals surface area contributed by atoms with Gasteiger partial charge in [0, 0.05) is 12.6 Å². The molecule has 0 fully saturated rings. The smallest absolute Gasteiger partial charge is 0.0959 e. The summed E-state index contributed by atoms with van der Waals surface area (Å²) in [6, 6.07) is 0. The molecule has 3 heteroatoms. The molecular formula is C3H7N3. The van der Waals surface area contributed by atoms with Gasteiger partial charge in [0.1, 0.15) is 0 Å². The highest BCUT2D eigenvalue weighted by molar-refractivity contribution is 5.59. The second kappa shape index (κ2) is 1.26. The van der Waals surface area contributed by atoms with Gasteiger partial charge in [-0.1, -0.05) is 0 Å². The number of hydrogen-bond donors (Lipinski definition) is 2. The fraction of sp³-hybridized carbons (Fsp3) is 0.667. The van der Waals surface area contributed by atoms with Crippen molar-refractivity contribution in [2.75, 3.05) is 0 Å². The highest BCUT2D eigenvalue weighted by atomic mass is 15.4. The second-order valence-electron chi connectivity index (χ2n) is 1.28. The van der Waals surface area contributed by atoms with Crippen molar-refractivity contribution in [3.8, 4) is 0 Å². The molecule has 1 atom stereocenters. The van der Waals surface area contributed by atoms with E-state index >= 15 is 0 Å². The minimum Gasteiger partial charge on any atom is -0.310 e. The molecule has 0 radical (unpaired) electrons. The van der Waals surface area contributed by atoms with Crippen molar-refractivity contribution < 1.29 is 0 Å². The summed E-state index contributed by atoms with van der Waals surface area (Å²) in [7, 11) is 0. The molecule has 3 N–H and O–H groups in total. The summed E-state index contributed by atoms with van der Waals surface area (Å²) in [5.74, 6) is 0. The van der Waals surface area contributed by atoms with E-state index in [9.17, 15) is 0 Å². The monoisotopic (exact) mass is 85.1 g/mol. The van der Waals surface area contributed by atoms with Gasteiger partial charge in [0.05, 0.1) is 6.17 Å². The van der Waals surface area contributed by atoms with Crippen molar-refractivity contribution in [1.29, 1.82) is 0 Å². The summed E-state index contributed by atoms with van der Waals surface area (Å²) in [5, 5.41) is 3.66. The van der Waals surface area contributed by atoms with Crippen molar-refractivity contribution in [3.05, 3.63) is 0 Å². The van der Waals surface area contributed by atoms with Gasteiger partial charge in [-0.15, -0.1) is 0 Å². The van der Waals surface area contributed by atoms with Gasteiger partial charge in [0.15, 0.2) is 0 Å². The standard InChI is InChI=1S/C3H7N3/c4-3-1-2-5-6-3/h2-3,6H,1,4H2. The Hall–Kier alpha value is -0.570. The first-order valence-electron chi connectivity index (χ1n) is 1.92. The van der Waals surface area contributed by atoms with E-state index in [2.05, 4.69) is 10.5 Å². The molecule has 0 aromatic heterocycles. The van der Waals surface area contributed by atoms with Crippen LogP contribution in [0.3, 0.4) is 0 Å². The van der Waals surface area contributed by atoms with Crippen LogP contribution in [0.4, 0.5) is 0 Å². The lowest BCUT2D eigenvalue weighted by Crippen LogP contribution is -2.28. The maximum absolute atomic E-state index is 5.30. The lowest BCUT2D eigenvalue weighted by molar-refractivity contribution is 0.609. The molecule has 1 heterocycles. The lowest BCUT2D eigenvalue weighted by Gasteiger charge is -1.95. The van der Waals surface area contributed by atoms with E-state index in [-0.39, 0.29) is 6.17 Å². The minimum absolute atomic E-state index is 0.0741. The molecule has 0 aliphatic carbocycles. The SMILES string of the molecule is NC1CC=NN1. The number of nitrogens with one attached hydrogen (secondary N) is 1. The number of hydrazone groups is 1. The molecule has 0 spiro atoms. The maximum Gasteiger partial charge on any atom is 0.0959 e. The van der Waals surface area contributed by atoms with Gasteiger partial charge in [-0.2, -0.15) is 5.10 Å². The Morgan fingerprint density at radius 1 is 2.00 bits per heavy atom. The third-order valence-electron chi connectivity index (χ3n) is 0.691. The van der Waals surface area contributed by atoms with Crippen LogP contribution < -0.4 is 11.2 Å². The van der Waals surface area contributed by atoms with E-state index in [1.165, 1.54) is 0 Å². The molecule has 0 bridgehead atoms. The summed E-state index contributed by atoms with van der Waals surface area (Å²) in [5.41, 5.74) is 7.97. The number of hydrogen-bond acceptors (Lipinski definition) is 3. The summed E-state index contributed by atoms with van der Waals surface area (Å²) in [4.78, 5) is 0. The van der Waals surface area contributed by atoms with Crippen molar-refractivity contribution in [3.63, 3.8) is 0 Å². The van der Waals surface area contributed by atoms with E-state index in [1.54, 1.807) is 6.21 Å². The van der Waals surface area contributed by atoms with Gasteiger partial charge in [0.25, 0.3) is 0 Å². The first kappa shape index (κ1) is 3.61. The van der Waals surface area contributed by atoms with E-state index in [0.717, 1.165) is 6.42 Å². The molecule has 6 heavy (non-hydrogen) atoms. The summed E-state index contributed by atoms with van der Waals surface area (Å²) < 4.78 is 0. The fourth-order valence-corrected chi connectivity index (χ4v) is 0.367. The molecule has 0 aromatic carbocycles. The van der Waals surface area contributed by atoms with Crippen LogP contribution in [0.1, 0.15) is 6.42 Å². The largest absolute Gasteiger partial charge is 0.310 e. The molecule has 0 saturated heterocycles. The van der Waals surface area contributed by atoms with Crippen molar-refractivity contribution in [1.82, 2.24) is 5.43 Å². The first-order valence-corrected chi connectivity index (χ1v) is 1.92. The van der Waals surface area contributed by atoms with Crippen LogP contribution in [0.15, 0.2) is 5.10 Å². The highest BCUT2D eigenvalue weighted by Crippen LogP contribution is 1.84. The third-order valence-corrected chi connectivity index (χ3v) is 0.691. The Kier molecular flexibility index (Phi) is 0.759. The zero-order valence-corrected chi connectivity index (χ0v) is 3.39. The van der Waals surface area contributed by atoms with E-state index < -0.39 is 0 Å². The third kappa shape index (κ3) is 0.490. The Morgan fingerprint density at radius 2 is 2.83 bits per heavy atom. The molecule has 1 rings (SSSR count). The average molecular weight is 85.1 g/mol. The highest BCUT2D eigenvalue weighted by Gasteiger charge is 1.99. The van der Waals surface area contributed by atoms with Gasteiger partial charge in [-0.3, -0.25) is 5.43 Å². The van der Waals surface area contributed by atoms with Crippen molar-refractivity contribution >= 4 is 6.21 Å². The predicted octanol–water partition coefficient (Wildman–Crippen LogP) is -0.750. The van der Waals surface area contributed by atoms with Crippen LogP contribution in [0.5, 0.6) is 0 Å². The maximum atomic E-state index is 5.30.